The Morgan fingerprint density at radius 1 is 1.53 bits per heavy atom. The molecular weight excluding hydrogens is 220 g/mol. The summed E-state index contributed by atoms with van der Waals surface area (Å²) < 4.78 is 4.85. The van der Waals surface area contributed by atoms with E-state index in [4.69, 9.17) is 4.74 Å². The highest BCUT2D eigenvalue weighted by atomic mass is 16.5. The van der Waals surface area contributed by atoms with Crippen molar-refractivity contribution in [3.8, 4) is 0 Å². The highest BCUT2D eigenvalue weighted by molar-refractivity contribution is 5.40. The van der Waals surface area contributed by atoms with Gasteiger partial charge in [0.15, 0.2) is 0 Å². The highest BCUT2D eigenvalue weighted by Crippen LogP contribution is 2.07. The lowest BCUT2D eigenvalue weighted by atomic mass is 10.2. The van der Waals surface area contributed by atoms with Crippen molar-refractivity contribution in [2.24, 2.45) is 0 Å². The number of rotatable bonds is 7. The topological polar surface area (TPSA) is 70.5 Å². The summed E-state index contributed by atoms with van der Waals surface area (Å²) in [5, 5.41) is 12.6. The van der Waals surface area contributed by atoms with E-state index in [9.17, 15) is 5.11 Å². The van der Waals surface area contributed by atoms with Crippen LogP contribution in [0.1, 0.15) is 6.42 Å². The Morgan fingerprint density at radius 2 is 2.29 bits per heavy atom. The van der Waals surface area contributed by atoms with Crippen LogP contribution in [0.15, 0.2) is 12.3 Å². The van der Waals surface area contributed by atoms with Gasteiger partial charge in [0.2, 0.25) is 5.95 Å². The number of hydrogen-bond donors (Lipinski definition) is 2. The van der Waals surface area contributed by atoms with E-state index in [-0.39, 0.29) is 0 Å². The van der Waals surface area contributed by atoms with Crippen LogP contribution in [0, 0.1) is 0 Å². The summed E-state index contributed by atoms with van der Waals surface area (Å²) in [5.41, 5.74) is 0. The van der Waals surface area contributed by atoms with E-state index in [0.29, 0.717) is 25.5 Å². The van der Waals surface area contributed by atoms with Gasteiger partial charge in [0.25, 0.3) is 0 Å². The van der Waals surface area contributed by atoms with E-state index in [2.05, 4.69) is 15.3 Å². The minimum atomic E-state index is -0.442. The lowest BCUT2D eigenvalue weighted by molar-refractivity contribution is 0.0615. The Balaban J connectivity index is 2.38. The minimum absolute atomic E-state index is 0.356. The monoisotopic (exact) mass is 240 g/mol. The molecule has 0 aliphatic carbocycles. The summed E-state index contributed by atoms with van der Waals surface area (Å²) in [4.78, 5) is 10.3. The summed E-state index contributed by atoms with van der Waals surface area (Å²) in [7, 11) is 5.35. The second kappa shape index (κ2) is 7.03. The molecule has 0 aliphatic heterocycles. The predicted octanol–water partition coefficient (Wildman–Crippen LogP) is 0.352. The molecule has 1 atom stereocenters. The first-order valence-corrected chi connectivity index (χ1v) is 5.54. The molecule has 2 N–H and O–H groups in total. The molecule has 0 radical (unpaired) electrons. The maximum absolute atomic E-state index is 9.46. The number of ether oxygens (including phenoxy) is 1. The van der Waals surface area contributed by atoms with Crippen LogP contribution in [-0.4, -0.2) is 55.5 Å². The molecule has 1 unspecified atom stereocenters. The average Bonchev–Trinajstić information content (AvgIpc) is 2.30. The number of aromatic nitrogens is 2. The van der Waals surface area contributed by atoms with E-state index < -0.39 is 6.10 Å². The summed E-state index contributed by atoms with van der Waals surface area (Å²) in [6.45, 7) is 1.00. The van der Waals surface area contributed by atoms with Gasteiger partial charge in [0, 0.05) is 33.9 Å². The van der Waals surface area contributed by atoms with Crippen molar-refractivity contribution in [3.05, 3.63) is 12.3 Å². The number of aliphatic hydroxyl groups is 1. The third-order valence-corrected chi connectivity index (χ3v) is 2.19. The molecule has 0 fully saturated rings. The SMILES string of the molecule is COCC(O)CCNc1ccnc(N(C)C)n1. The third-order valence-electron chi connectivity index (χ3n) is 2.19. The van der Waals surface area contributed by atoms with Crippen LogP contribution < -0.4 is 10.2 Å². The number of hydrogen-bond acceptors (Lipinski definition) is 6. The summed E-state index contributed by atoms with van der Waals surface area (Å²) in [5.74, 6) is 1.42. The molecule has 1 rings (SSSR count). The zero-order chi connectivity index (χ0) is 12.7. The Kier molecular flexibility index (Phi) is 5.65. The van der Waals surface area contributed by atoms with Crippen molar-refractivity contribution >= 4 is 11.8 Å². The first-order valence-electron chi connectivity index (χ1n) is 5.54. The molecule has 0 aromatic carbocycles. The Bertz CT molecular complexity index is 333. The van der Waals surface area contributed by atoms with Crippen molar-refractivity contribution in [2.75, 3.05) is 44.6 Å². The Morgan fingerprint density at radius 3 is 2.94 bits per heavy atom. The molecule has 0 spiro atoms. The Hall–Kier alpha value is -1.40. The number of methoxy groups -OCH3 is 1. The molecule has 1 aromatic heterocycles. The molecule has 1 aromatic rings. The van der Waals surface area contributed by atoms with Crippen molar-refractivity contribution in [3.63, 3.8) is 0 Å². The van der Waals surface area contributed by atoms with E-state index in [1.807, 2.05) is 19.0 Å². The van der Waals surface area contributed by atoms with Crippen LogP contribution in [0.2, 0.25) is 0 Å². The fourth-order valence-corrected chi connectivity index (χ4v) is 1.30. The molecule has 6 heteroatoms. The first kappa shape index (κ1) is 13.7. The number of nitrogens with one attached hydrogen (secondary N) is 1. The number of aliphatic hydroxyl groups excluding tert-OH is 1. The highest BCUT2D eigenvalue weighted by Gasteiger charge is 2.04. The summed E-state index contributed by atoms with van der Waals surface area (Å²) in [6.07, 6.45) is 1.88. The molecule has 0 amide bonds. The predicted molar refractivity (Wildman–Crippen MR) is 67.3 cm³/mol. The maximum Gasteiger partial charge on any atom is 0.226 e. The van der Waals surface area contributed by atoms with Crippen molar-refractivity contribution in [1.82, 2.24) is 9.97 Å². The van der Waals surface area contributed by atoms with Crippen LogP contribution in [0.3, 0.4) is 0 Å². The van der Waals surface area contributed by atoms with Gasteiger partial charge in [0.05, 0.1) is 12.7 Å². The molecule has 0 saturated carbocycles. The van der Waals surface area contributed by atoms with Crippen molar-refractivity contribution in [1.29, 1.82) is 0 Å². The van der Waals surface area contributed by atoms with Gasteiger partial charge in [0.1, 0.15) is 5.82 Å². The van der Waals surface area contributed by atoms with E-state index >= 15 is 0 Å². The van der Waals surface area contributed by atoms with E-state index in [1.54, 1.807) is 19.4 Å². The minimum Gasteiger partial charge on any atom is -0.391 e. The number of nitrogens with zero attached hydrogens (tertiary/aromatic N) is 3. The van der Waals surface area contributed by atoms with Crippen molar-refractivity contribution in [2.45, 2.75) is 12.5 Å². The van der Waals surface area contributed by atoms with Gasteiger partial charge in [-0.05, 0) is 12.5 Å². The van der Waals surface area contributed by atoms with Gasteiger partial charge in [-0.3, -0.25) is 0 Å². The first-order chi connectivity index (χ1) is 8.13. The standard InChI is InChI=1S/C11H20N4O2/c1-15(2)11-13-7-5-10(14-11)12-6-4-9(16)8-17-3/h5,7,9,16H,4,6,8H2,1-3H3,(H,12,13,14). The molecule has 1 heterocycles. The molecule has 17 heavy (non-hydrogen) atoms. The quantitative estimate of drug-likeness (QED) is 0.716. The lowest BCUT2D eigenvalue weighted by Crippen LogP contribution is -2.19. The summed E-state index contributed by atoms with van der Waals surface area (Å²) in [6, 6.07) is 1.80. The van der Waals surface area contributed by atoms with E-state index in [1.165, 1.54) is 0 Å². The van der Waals surface area contributed by atoms with Gasteiger partial charge < -0.3 is 20.1 Å². The van der Waals surface area contributed by atoms with Gasteiger partial charge in [-0.15, -0.1) is 0 Å². The molecule has 0 aliphatic rings. The van der Waals surface area contributed by atoms with Gasteiger partial charge in [-0.1, -0.05) is 0 Å². The van der Waals surface area contributed by atoms with Crippen LogP contribution in [0.5, 0.6) is 0 Å². The Labute approximate surface area is 102 Å². The van der Waals surface area contributed by atoms with Gasteiger partial charge in [-0.2, -0.15) is 4.98 Å². The lowest BCUT2D eigenvalue weighted by Gasteiger charge is -2.13. The van der Waals surface area contributed by atoms with Crippen LogP contribution in [0.25, 0.3) is 0 Å². The molecule has 0 saturated heterocycles. The molecular formula is C11H20N4O2. The fourth-order valence-electron chi connectivity index (χ4n) is 1.30. The maximum atomic E-state index is 9.46. The summed E-state index contributed by atoms with van der Waals surface area (Å²) >= 11 is 0. The third kappa shape index (κ3) is 4.97. The van der Waals surface area contributed by atoms with Crippen molar-refractivity contribution < 1.29 is 9.84 Å². The fraction of sp³-hybridized carbons (Fsp3) is 0.636. The molecule has 6 nitrogen and oxygen atoms in total. The largest absolute Gasteiger partial charge is 0.391 e. The molecule has 0 bridgehead atoms. The second-order valence-corrected chi connectivity index (χ2v) is 3.96. The smallest absolute Gasteiger partial charge is 0.226 e. The second-order valence-electron chi connectivity index (χ2n) is 3.96. The number of anilines is 2. The zero-order valence-corrected chi connectivity index (χ0v) is 10.6. The normalized spacial score (nSPS) is 12.2. The average molecular weight is 240 g/mol. The molecule has 96 valence electrons. The van der Waals surface area contributed by atoms with Gasteiger partial charge in [-0.25, -0.2) is 4.98 Å². The van der Waals surface area contributed by atoms with E-state index in [0.717, 1.165) is 5.82 Å². The van der Waals surface area contributed by atoms with Crippen LogP contribution in [-0.2, 0) is 4.74 Å². The zero-order valence-electron chi connectivity index (χ0n) is 10.6. The van der Waals surface area contributed by atoms with Gasteiger partial charge >= 0.3 is 0 Å². The van der Waals surface area contributed by atoms with Crippen LogP contribution in [0.4, 0.5) is 11.8 Å². The van der Waals surface area contributed by atoms with Crippen LogP contribution >= 0.6 is 0 Å².